The summed E-state index contributed by atoms with van der Waals surface area (Å²) >= 11 is 6.04. The largest absolute Gasteiger partial charge is 0.491 e. The number of likely N-dealkylation sites (N-methyl/N-ethyl adjacent to an activating group) is 1. The summed E-state index contributed by atoms with van der Waals surface area (Å²) in [5, 5.41) is 0.620. The molecule has 1 unspecified atom stereocenters. The Hall–Kier alpha value is -1.26. The lowest BCUT2D eigenvalue weighted by molar-refractivity contribution is -0.133. The molecule has 0 saturated carbocycles. The molecule has 2 rings (SSSR count). The summed E-state index contributed by atoms with van der Waals surface area (Å²) in [6.07, 6.45) is 2.00. The summed E-state index contributed by atoms with van der Waals surface area (Å²) in [5.41, 5.74) is 0. The van der Waals surface area contributed by atoms with Gasteiger partial charge in [0, 0.05) is 20.6 Å². The van der Waals surface area contributed by atoms with E-state index < -0.39 is 0 Å². The molecule has 110 valence electrons. The van der Waals surface area contributed by atoms with Gasteiger partial charge in [0.05, 0.1) is 11.1 Å². The van der Waals surface area contributed by atoms with Crippen molar-refractivity contribution in [2.24, 2.45) is 0 Å². The highest BCUT2D eigenvalue weighted by Gasteiger charge is 2.31. The number of rotatable bonds is 5. The van der Waals surface area contributed by atoms with Crippen LogP contribution in [0.15, 0.2) is 24.3 Å². The van der Waals surface area contributed by atoms with E-state index in [0.717, 1.165) is 25.9 Å². The average Bonchev–Trinajstić information content (AvgIpc) is 2.88. The third-order valence-electron chi connectivity index (χ3n) is 3.56. The topological polar surface area (TPSA) is 32.8 Å². The Bertz CT molecular complexity index is 465. The first-order chi connectivity index (χ1) is 9.59. The van der Waals surface area contributed by atoms with Crippen molar-refractivity contribution in [3.05, 3.63) is 29.3 Å². The number of likely N-dealkylation sites (tertiary alicyclic amines) is 1. The Balaban J connectivity index is 1.84. The Labute approximate surface area is 125 Å². The monoisotopic (exact) mass is 296 g/mol. The zero-order chi connectivity index (χ0) is 14.5. The fourth-order valence-electron chi connectivity index (χ4n) is 2.51. The number of ether oxygens (including phenoxy) is 1. The number of nitrogens with zero attached hydrogens (tertiary/aromatic N) is 2. The van der Waals surface area contributed by atoms with Crippen LogP contribution in [0.4, 0.5) is 0 Å². The SMILES string of the molecule is CN(C)C(=O)C1CCCN1CCOc1ccccc1Cl. The molecule has 0 aromatic heterocycles. The fraction of sp³-hybridized carbons (Fsp3) is 0.533. The van der Waals surface area contributed by atoms with Crippen molar-refractivity contribution in [3.8, 4) is 5.75 Å². The number of benzene rings is 1. The lowest BCUT2D eigenvalue weighted by Crippen LogP contribution is -2.44. The van der Waals surface area contributed by atoms with Gasteiger partial charge in [0.15, 0.2) is 0 Å². The average molecular weight is 297 g/mol. The first-order valence-electron chi connectivity index (χ1n) is 6.92. The van der Waals surface area contributed by atoms with Gasteiger partial charge in [0.2, 0.25) is 5.91 Å². The van der Waals surface area contributed by atoms with Gasteiger partial charge in [-0.3, -0.25) is 9.69 Å². The molecule has 1 heterocycles. The molecule has 20 heavy (non-hydrogen) atoms. The fourth-order valence-corrected chi connectivity index (χ4v) is 2.70. The minimum atomic E-state index is -0.000143. The summed E-state index contributed by atoms with van der Waals surface area (Å²) in [6, 6.07) is 7.44. The number of halogens is 1. The third kappa shape index (κ3) is 3.64. The molecule has 1 aromatic rings. The summed E-state index contributed by atoms with van der Waals surface area (Å²) in [5.74, 6) is 0.879. The van der Waals surface area contributed by atoms with E-state index in [1.807, 2.05) is 24.3 Å². The van der Waals surface area contributed by atoms with E-state index in [1.54, 1.807) is 19.0 Å². The predicted molar refractivity (Wildman–Crippen MR) is 80.2 cm³/mol. The molecule has 0 bridgehead atoms. The standard InChI is InChI=1S/C15H21ClN2O2/c1-17(2)15(19)13-7-5-9-18(13)10-11-20-14-8-4-3-6-12(14)16/h3-4,6,8,13H,5,7,9-11H2,1-2H3. The van der Waals surface area contributed by atoms with Gasteiger partial charge in [-0.25, -0.2) is 0 Å². The highest BCUT2D eigenvalue weighted by atomic mass is 35.5. The van der Waals surface area contributed by atoms with Gasteiger partial charge in [-0.15, -0.1) is 0 Å². The summed E-state index contributed by atoms with van der Waals surface area (Å²) in [4.78, 5) is 15.9. The van der Waals surface area contributed by atoms with E-state index in [2.05, 4.69) is 4.90 Å². The second-order valence-electron chi connectivity index (χ2n) is 5.21. The molecular weight excluding hydrogens is 276 g/mol. The van der Waals surface area contributed by atoms with Crippen LogP contribution in [0, 0.1) is 0 Å². The summed E-state index contributed by atoms with van der Waals surface area (Å²) < 4.78 is 5.69. The van der Waals surface area contributed by atoms with Crippen LogP contribution >= 0.6 is 11.6 Å². The molecule has 0 aliphatic carbocycles. The number of para-hydroxylation sites is 1. The second kappa shape index (κ2) is 6.95. The minimum absolute atomic E-state index is 0.000143. The van der Waals surface area contributed by atoms with E-state index in [0.29, 0.717) is 17.4 Å². The Morgan fingerprint density at radius 3 is 2.90 bits per heavy atom. The van der Waals surface area contributed by atoms with E-state index in [4.69, 9.17) is 16.3 Å². The van der Waals surface area contributed by atoms with E-state index in [1.165, 1.54) is 0 Å². The minimum Gasteiger partial charge on any atom is -0.491 e. The zero-order valence-corrected chi connectivity index (χ0v) is 12.8. The van der Waals surface area contributed by atoms with Crippen LogP contribution in [0.1, 0.15) is 12.8 Å². The van der Waals surface area contributed by atoms with Gasteiger partial charge >= 0.3 is 0 Å². The number of carbonyl (C=O) groups is 1. The Morgan fingerprint density at radius 2 is 2.20 bits per heavy atom. The normalized spacial score (nSPS) is 19.1. The predicted octanol–water partition coefficient (Wildman–Crippen LogP) is 2.27. The molecule has 4 nitrogen and oxygen atoms in total. The maximum absolute atomic E-state index is 12.1. The van der Waals surface area contributed by atoms with E-state index in [-0.39, 0.29) is 11.9 Å². The maximum atomic E-state index is 12.1. The molecular formula is C15H21ClN2O2. The van der Waals surface area contributed by atoms with Crippen LogP contribution in [0.3, 0.4) is 0 Å². The molecule has 1 aliphatic rings. The van der Waals surface area contributed by atoms with Crippen LogP contribution < -0.4 is 4.74 Å². The van der Waals surface area contributed by atoms with Crippen LogP contribution in [0.5, 0.6) is 5.75 Å². The number of hydrogen-bond donors (Lipinski definition) is 0. The molecule has 1 atom stereocenters. The van der Waals surface area contributed by atoms with Crippen molar-refractivity contribution in [3.63, 3.8) is 0 Å². The quantitative estimate of drug-likeness (QED) is 0.836. The van der Waals surface area contributed by atoms with Gasteiger partial charge in [-0.05, 0) is 31.5 Å². The summed E-state index contributed by atoms with van der Waals surface area (Å²) in [6.45, 7) is 2.24. The van der Waals surface area contributed by atoms with Crippen molar-refractivity contribution in [2.75, 3.05) is 33.8 Å². The van der Waals surface area contributed by atoms with Gasteiger partial charge in [-0.1, -0.05) is 23.7 Å². The molecule has 0 spiro atoms. The van der Waals surface area contributed by atoms with Crippen LogP contribution in [-0.4, -0.2) is 55.5 Å². The van der Waals surface area contributed by atoms with Crippen molar-refractivity contribution in [1.29, 1.82) is 0 Å². The van der Waals surface area contributed by atoms with Crippen LogP contribution in [0.25, 0.3) is 0 Å². The molecule has 1 saturated heterocycles. The molecule has 1 aliphatic heterocycles. The van der Waals surface area contributed by atoms with Crippen molar-refractivity contribution in [1.82, 2.24) is 9.80 Å². The van der Waals surface area contributed by atoms with Crippen molar-refractivity contribution < 1.29 is 9.53 Å². The van der Waals surface area contributed by atoms with Crippen LogP contribution in [-0.2, 0) is 4.79 Å². The first kappa shape index (κ1) is 15.1. The highest BCUT2D eigenvalue weighted by molar-refractivity contribution is 6.32. The van der Waals surface area contributed by atoms with Gasteiger partial charge < -0.3 is 9.64 Å². The molecule has 1 fully saturated rings. The van der Waals surface area contributed by atoms with Gasteiger partial charge in [-0.2, -0.15) is 0 Å². The van der Waals surface area contributed by atoms with E-state index in [9.17, 15) is 4.79 Å². The van der Waals surface area contributed by atoms with Gasteiger partial charge in [0.1, 0.15) is 12.4 Å². The van der Waals surface area contributed by atoms with Crippen molar-refractivity contribution >= 4 is 17.5 Å². The number of carbonyl (C=O) groups excluding carboxylic acids is 1. The number of amides is 1. The third-order valence-corrected chi connectivity index (χ3v) is 3.87. The zero-order valence-electron chi connectivity index (χ0n) is 12.0. The molecule has 5 heteroatoms. The molecule has 1 aromatic carbocycles. The van der Waals surface area contributed by atoms with Crippen molar-refractivity contribution in [2.45, 2.75) is 18.9 Å². The second-order valence-corrected chi connectivity index (χ2v) is 5.61. The molecule has 0 N–H and O–H groups in total. The molecule has 0 radical (unpaired) electrons. The van der Waals surface area contributed by atoms with E-state index >= 15 is 0 Å². The smallest absolute Gasteiger partial charge is 0.239 e. The maximum Gasteiger partial charge on any atom is 0.239 e. The highest BCUT2D eigenvalue weighted by Crippen LogP contribution is 2.23. The lowest BCUT2D eigenvalue weighted by atomic mass is 10.2. The number of hydrogen-bond acceptors (Lipinski definition) is 3. The van der Waals surface area contributed by atoms with Gasteiger partial charge in [0.25, 0.3) is 0 Å². The Morgan fingerprint density at radius 1 is 1.45 bits per heavy atom. The Kier molecular flexibility index (Phi) is 5.26. The van der Waals surface area contributed by atoms with Crippen LogP contribution in [0.2, 0.25) is 5.02 Å². The summed E-state index contributed by atoms with van der Waals surface area (Å²) in [7, 11) is 3.61. The first-order valence-corrected chi connectivity index (χ1v) is 7.30. The molecule has 1 amide bonds. The lowest BCUT2D eigenvalue weighted by Gasteiger charge is -2.26.